The van der Waals surface area contributed by atoms with Crippen LogP contribution in [0.2, 0.25) is 0 Å². The highest BCUT2D eigenvalue weighted by Gasteiger charge is 2.29. The van der Waals surface area contributed by atoms with E-state index >= 15 is 0 Å². The second kappa shape index (κ2) is 13.1. The lowest BCUT2D eigenvalue weighted by atomic mass is 10.1. The minimum Gasteiger partial charge on any atom is -0.481 e. The molecule has 30 heavy (non-hydrogen) atoms. The van der Waals surface area contributed by atoms with Gasteiger partial charge in [0.15, 0.2) is 0 Å². The number of hydrogen-bond acceptors (Lipinski definition) is 8. The van der Waals surface area contributed by atoms with Crippen molar-refractivity contribution in [2.45, 2.75) is 56.8 Å². The van der Waals surface area contributed by atoms with Crippen molar-refractivity contribution in [1.82, 2.24) is 16.0 Å². The van der Waals surface area contributed by atoms with Crippen LogP contribution in [-0.4, -0.2) is 81.7 Å². The van der Waals surface area contributed by atoms with Gasteiger partial charge in [0.05, 0.1) is 12.6 Å². The van der Waals surface area contributed by atoms with Crippen molar-refractivity contribution in [2.75, 3.05) is 6.61 Å². The molecule has 0 aromatic carbocycles. The van der Waals surface area contributed by atoms with Crippen molar-refractivity contribution >= 4 is 35.6 Å². The maximum atomic E-state index is 12.4. The van der Waals surface area contributed by atoms with E-state index in [2.05, 4.69) is 16.0 Å². The van der Waals surface area contributed by atoms with Crippen LogP contribution in [-0.2, 0) is 28.8 Å². The van der Waals surface area contributed by atoms with Crippen molar-refractivity contribution in [2.24, 2.45) is 11.5 Å². The standard InChI is InChI=1S/C16H27N5O9/c1-7(16(29)30)19-15(28)10(6-22)21-14(27)9(3-5-12(24)25)20-13(26)8(17)2-4-11(18)23/h7-10,22H,2-6,17H2,1H3,(H2,18,23)(H,19,28)(H,20,26)(H,21,27)(H,24,25)(H,29,30). The van der Waals surface area contributed by atoms with Crippen LogP contribution in [0.3, 0.4) is 0 Å². The highest BCUT2D eigenvalue weighted by atomic mass is 16.4. The number of primary amides is 1. The number of hydrogen-bond donors (Lipinski definition) is 8. The van der Waals surface area contributed by atoms with Crippen LogP contribution in [0.5, 0.6) is 0 Å². The fraction of sp³-hybridized carbons (Fsp3) is 0.625. The van der Waals surface area contributed by atoms with Crippen LogP contribution in [0.1, 0.15) is 32.6 Å². The van der Waals surface area contributed by atoms with Crippen LogP contribution in [0.25, 0.3) is 0 Å². The Morgan fingerprint density at radius 3 is 1.83 bits per heavy atom. The molecule has 0 bridgehead atoms. The lowest BCUT2D eigenvalue weighted by Gasteiger charge is -2.23. The summed E-state index contributed by atoms with van der Waals surface area (Å²) in [5.74, 6) is -6.14. The number of carboxylic acid groups (broad SMARTS) is 2. The van der Waals surface area contributed by atoms with E-state index < -0.39 is 72.8 Å². The SMILES string of the molecule is CC(NC(=O)C(CO)NC(=O)C(CCC(=O)O)NC(=O)C(N)CCC(N)=O)C(=O)O. The molecule has 0 saturated carbocycles. The molecular formula is C16H27N5O9. The van der Waals surface area contributed by atoms with Gasteiger partial charge < -0.3 is 42.7 Å². The molecule has 4 amide bonds. The summed E-state index contributed by atoms with van der Waals surface area (Å²) in [4.78, 5) is 68.9. The number of carboxylic acids is 2. The zero-order chi connectivity index (χ0) is 23.4. The average Bonchev–Trinajstić information content (AvgIpc) is 2.66. The number of carbonyl (C=O) groups is 6. The lowest BCUT2D eigenvalue weighted by Crippen LogP contribution is -2.57. The summed E-state index contributed by atoms with van der Waals surface area (Å²) in [5, 5.41) is 33.3. The zero-order valence-corrected chi connectivity index (χ0v) is 16.3. The Kier molecular flexibility index (Phi) is 11.6. The largest absolute Gasteiger partial charge is 0.481 e. The van der Waals surface area contributed by atoms with E-state index in [1.807, 2.05) is 0 Å². The van der Waals surface area contributed by atoms with Gasteiger partial charge in [-0.2, -0.15) is 0 Å². The van der Waals surface area contributed by atoms with E-state index in [1.165, 1.54) is 6.92 Å². The highest BCUT2D eigenvalue weighted by Crippen LogP contribution is 2.02. The van der Waals surface area contributed by atoms with Crippen molar-refractivity contribution in [1.29, 1.82) is 0 Å². The normalized spacial score (nSPS) is 14.5. The molecule has 14 heteroatoms. The Balaban J connectivity index is 5.16. The molecule has 0 aromatic rings. The number of aliphatic hydroxyl groups is 1. The van der Waals surface area contributed by atoms with Gasteiger partial charge in [-0.25, -0.2) is 0 Å². The maximum Gasteiger partial charge on any atom is 0.325 e. The van der Waals surface area contributed by atoms with E-state index in [1.54, 1.807) is 0 Å². The molecule has 0 aliphatic carbocycles. The molecule has 0 radical (unpaired) electrons. The molecule has 0 aromatic heterocycles. The Morgan fingerprint density at radius 2 is 1.37 bits per heavy atom. The third-order valence-corrected chi connectivity index (χ3v) is 3.86. The number of carbonyl (C=O) groups excluding carboxylic acids is 4. The fourth-order valence-corrected chi connectivity index (χ4v) is 2.09. The highest BCUT2D eigenvalue weighted by molar-refractivity contribution is 5.94. The van der Waals surface area contributed by atoms with Crippen molar-refractivity contribution in [3.63, 3.8) is 0 Å². The molecular weight excluding hydrogens is 406 g/mol. The summed E-state index contributed by atoms with van der Waals surface area (Å²) in [6.45, 7) is 0.279. The smallest absolute Gasteiger partial charge is 0.325 e. The first-order chi connectivity index (χ1) is 13.9. The molecule has 0 saturated heterocycles. The summed E-state index contributed by atoms with van der Waals surface area (Å²) in [5.41, 5.74) is 10.6. The van der Waals surface area contributed by atoms with E-state index in [4.69, 9.17) is 21.7 Å². The van der Waals surface area contributed by atoms with Crippen molar-refractivity contribution in [3.8, 4) is 0 Å². The first-order valence-electron chi connectivity index (χ1n) is 8.89. The predicted octanol–water partition coefficient (Wildman–Crippen LogP) is -4.00. The van der Waals surface area contributed by atoms with Crippen LogP contribution in [0.15, 0.2) is 0 Å². The summed E-state index contributed by atoms with van der Waals surface area (Å²) >= 11 is 0. The van der Waals surface area contributed by atoms with Gasteiger partial charge in [0.25, 0.3) is 0 Å². The molecule has 0 rings (SSSR count). The molecule has 4 atom stereocenters. The van der Waals surface area contributed by atoms with Gasteiger partial charge in [-0.15, -0.1) is 0 Å². The predicted molar refractivity (Wildman–Crippen MR) is 99.5 cm³/mol. The lowest BCUT2D eigenvalue weighted by molar-refractivity contribution is -0.142. The van der Waals surface area contributed by atoms with E-state index in [0.29, 0.717) is 0 Å². The van der Waals surface area contributed by atoms with Gasteiger partial charge in [0.1, 0.15) is 18.1 Å². The monoisotopic (exact) mass is 433 g/mol. The van der Waals surface area contributed by atoms with Crippen LogP contribution < -0.4 is 27.4 Å². The minimum atomic E-state index is -1.55. The van der Waals surface area contributed by atoms with Gasteiger partial charge in [0.2, 0.25) is 23.6 Å². The number of amides is 4. The maximum absolute atomic E-state index is 12.4. The van der Waals surface area contributed by atoms with Gasteiger partial charge >= 0.3 is 11.9 Å². The van der Waals surface area contributed by atoms with Gasteiger partial charge in [-0.1, -0.05) is 0 Å². The topological polar surface area (TPSA) is 251 Å². The number of rotatable bonds is 14. The molecule has 0 spiro atoms. The van der Waals surface area contributed by atoms with Crippen LogP contribution in [0.4, 0.5) is 0 Å². The van der Waals surface area contributed by atoms with E-state index in [-0.39, 0.29) is 19.3 Å². The molecule has 4 unspecified atom stereocenters. The molecule has 170 valence electrons. The van der Waals surface area contributed by atoms with Crippen molar-refractivity contribution in [3.05, 3.63) is 0 Å². The van der Waals surface area contributed by atoms with Crippen LogP contribution in [0, 0.1) is 0 Å². The summed E-state index contributed by atoms with van der Waals surface area (Å²) in [7, 11) is 0. The molecule has 0 aliphatic rings. The summed E-state index contributed by atoms with van der Waals surface area (Å²) < 4.78 is 0. The molecule has 0 heterocycles. The Bertz CT molecular complexity index is 669. The summed E-state index contributed by atoms with van der Waals surface area (Å²) in [6.07, 6.45) is -1.17. The third kappa shape index (κ3) is 10.3. The van der Waals surface area contributed by atoms with Gasteiger partial charge in [0, 0.05) is 12.8 Å². The number of aliphatic carboxylic acids is 2. The first-order valence-corrected chi connectivity index (χ1v) is 8.89. The molecule has 0 fully saturated rings. The quantitative estimate of drug-likeness (QED) is 0.132. The van der Waals surface area contributed by atoms with E-state index in [0.717, 1.165) is 0 Å². The van der Waals surface area contributed by atoms with Gasteiger partial charge in [-0.05, 0) is 19.8 Å². The van der Waals surface area contributed by atoms with Crippen LogP contribution >= 0.6 is 0 Å². The second-order valence-corrected chi connectivity index (χ2v) is 6.42. The Labute approximate surface area is 171 Å². The molecule has 14 nitrogen and oxygen atoms in total. The number of aliphatic hydroxyl groups excluding tert-OH is 1. The van der Waals surface area contributed by atoms with E-state index in [9.17, 15) is 33.9 Å². The summed E-state index contributed by atoms with van der Waals surface area (Å²) in [6, 6.07) is -5.47. The number of nitrogens with one attached hydrogen (secondary N) is 3. The molecule has 10 N–H and O–H groups in total. The van der Waals surface area contributed by atoms with Crippen molar-refractivity contribution < 1.29 is 44.1 Å². The zero-order valence-electron chi connectivity index (χ0n) is 16.3. The average molecular weight is 433 g/mol. The number of nitrogens with two attached hydrogens (primary N) is 2. The molecule has 0 aliphatic heterocycles. The Morgan fingerprint density at radius 1 is 0.833 bits per heavy atom. The second-order valence-electron chi connectivity index (χ2n) is 6.42. The third-order valence-electron chi connectivity index (χ3n) is 3.86. The minimum absolute atomic E-state index is 0.108. The Hall–Kier alpha value is -3.26. The van der Waals surface area contributed by atoms with Gasteiger partial charge in [-0.3, -0.25) is 28.8 Å². The first kappa shape index (κ1) is 26.7. The fourth-order valence-electron chi connectivity index (χ4n) is 2.09.